The van der Waals surface area contributed by atoms with Crippen molar-refractivity contribution in [3.8, 4) is 0 Å². The molecule has 0 aromatic heterocycles. The predicted octanol–water partition coefficient (Wildman–Crippen LogP) is 3.14. The van der Waals surface area contributed by atoms with Gasteiger partial charge in [0.1, 0.15) is 12.5 Å². The SMILES string of the molecule is O=C(NC(CF)Cc1ccc(F)cc1)c1ccccc1. The van der Waals surface area contributed by atoms with E-state index in [0.717, 1.165) is 5.56 Å². The summed E-state index contributed by atoms with van der Waals surface area (Å²) in [6.07, 6.45) is 0.329. The van der Waals surface area contributed by atoms with Gasteiger partial charge in [-0.05, 0) is 36.2 Å². The highest BCUT2D eigenvalue weighted by Crippen LogP contribution is 2.07. The molecule has 20 heavy (non-hydrogen) atoms. The summed E-state index contributed by atoms with van der Waals surface area (Å²) in [6, 6.07) is 13.9. The molecule has 0 fully saturated rings. The summed E-state index contributed by atoms with van der Waals surface area (Å²) in [5.41, 5.74) is 1.27. The van der Waals surface area contributed by atoms with Gasteiger partial charge in [-0.15, -0.1) is 0 Å². The average Bonchev–Trinajstić information content (AvgIpc) is 2.49. The van der Waals surface area contributed by atoms with E-state index in [4.69, 9.17) is 0 Å². The van der Waals surface area contributed by atoms with E-state index in [1.165, 1.54) is 12.1 Å². The van der Waals surface area contributed by atoms with Crippen LogP contribution in [-0.2, 0) is 6.42 Å². The third-order valence-corrected chi connectivity index (χ3v) is 2.95. The molecule has 2 aromatic carbocycles. The van der Waals surface area contributed by atoms with E-state index in [1.54, 1.807) is 36.4 Å². The first-order valence-electron chi connectivity index (χ1n) is 6.35. The van der Waals surface area contributed by atoms with Gasteiger partial charge in [0.25, 0.3) is 5.91 Å². The molecule has 1 unspecified atom stereocenters. The Morgan fingerprint density at radius 1 is 1.05 bits per heavy atom. The molecule has 2 aromatic rings. The van der Waals surface area contributed by atoms with Crippen LogP contribution >= 0.6 is 0 Å². The van der Waals surface area contributed by atoms with Gasteiger partial charge in [0, 0.05) is 5.56 Å². The molecule has 2 nitrogen and oxygen atoms in total. The zero-order valence-corrected chi connectivity index (χ0v) is 10.9. The molecule has 2 rings (SSSR count). The Kier molecular flexibility index (Phi) is 4.82. The number of halogens is 2. The van der Waals surface area contributed by atoms with Crippen molar-refractivity contribution in [1.82, 2.24) is 5.32 Å². The Bertz CT molecular complexity index is 554. The summed E-state index contributed by atoms with van der Waals surface area (Å²) in [4.78, 5) is 11.9. The maximum Gasteiger partial charge on any atom is 0.251 e. The van der Waals surface area contributed by atoms with Crippen LogP contribution in [0.5, 0.6) is 0 Å². The topological polar surface area (TPSA) is 29.1 Å². The van der Waals surface area contributed by atoms with Crippen molar-refractivity contribution >= 4 is 5.91 Å². The number of alkyl halides is 1. The first kappa shape index (κ1) is 14.2. The van der Waals surface area contributed by atoms with Crippen molar-refractivity contribution in [2.45, 2.75) is 12.5 Å². The minimum Gasteiger partial charge on any atom is -0.346 e. The number of amides is 1. The van der Waals surface area contributed by atoms with Crippen molar-refractivity contribution < 1.29 is 13.6 Å². The fourth-order valence-electron chi connectivity index (χ4n) is 1.91. The molecule has 1 amide bonds. The second-order valence-corrected chi connectivity index (χ2v) is 4.52. The molecule has 4 heteroatoms. The molecule has 0 saturated heterocycles. The van der Waals surface area contributed by atoms with E-state index < -0.39 is 12.7 Å². The van der Waals surface area contributed by atoms with Crippen molar-refractivity contribution in [2.75, 3.05) is 6.67 Å². The molecule has 0 bridgehead atoms. The summed E-state index contributed by atoms with van der Waals surface area (Å²) < 4.78 is 25.8. The second-order valence-electron chi connectivity index (χ2n) is 4.52. The summed E-state index contributed by atoms with van der Waals surface area (Å²) in [6.45, 7) is -0.671. The predicted molar refractivity (Wildman–Crippen MR) is 73.8 cm³/mol. The largest absolute Gasteiger partial charge is 0.346 e. The lowest BCUT2D eigenvalue weighted by Gasteiger charge is -2.15. The van der Waals surface area contributed by atoms with Crippen LogP contribution in [0.1, 0.15) is 15.9 Å². The zero-order valence-electron chi connectivity index (χ0n) is 10.9. The quantitative estimate of drug-likeness (QED) is 0.892. The minimum absolute atomic E-state index is 0.310. The van der Waals surface area contributed by atoms with E-state index in [2.05, 4.69) is 5.32 Å². The Labute approximate surface area is 116 Å². The molecule has 0 radical (unpaired) electrons. The van der Waals surface area contributed by atoms with Crippen molar-refractivity contribution in [3.05, 3.63) is 71.5 Å². The number of rotatable bonds is 5. The van der Waals surface area contributed by atoms with E-state index in [1.807, 2.05) is 6.07 Å². The Morgan fingerprint density at radius 2 is 1.70 bits per heavy atom. The molecule has 104 valence electrons. The first-order valence-corrected chi connectivity index (χ1v) is 6.35. The van der Waals surface area contributed by atoms with Gasteiger partial charge < -0.3 is 5.32 Å². The molecule has 0 saturated carbocycles. The van der Waals surface area contributed by atoms with Gasteiger partial charge in [-0.3, -0.25) is 4.79 Å². The van der Waals surface area contributed by atoms with Crippen LogP contribution in [0.2, 0.25) is 0 Å². The smallest absolute Gasteiger partial charge is 0.251 e. The monoisotopic (exact) mass is 275 g/mol. The third kappa shape index (κ3) is 3.88. The van der Waals surface area contributed by atoms with Gasteiger partial charge in [-0.25, -0.2) is 8.78 Å². The molecule has 0 aliphatic heterocycles. The van der Waals surface area contributed by atoms with Gasteiger partial charge in [-0.2, -0.15) is 0 Å². The van der Waals surface area contributed by atoms with Crippen molar-refractivity contribution in [1.29, 1.82) is 0 Å². The molecule has 0 spiro atoms. The van der Waals surface area contributed by atoms with E-state index in [-0.39, 0.29) is 11.7 Å². The van der Waals surface area contributed by atoms with Gasteiger partial charge in [0.2, 0.25) is 0 Å². The Balaban J connectivity index is 1.99. The number of carbonyl (C=O) groups excluding carboxylic acids is 1. The lowest BCUT2D eigenvalue weighted by molar-refractivity contribution is 0.0930. The number of carbonyl (C=O) groups is 1. The molecular formula is C16H15F2NO. The number of nitrogens with one attached hydrogen (secondary N) is 1. The number of hydrogen-bond donors (Lipinski definition) is 1. The fraction of sp³-hybridized carbons (Fsp3) is 0.188. The maximum atomic E-state index is 13.0. The Morgan fingerprint density at radius 3 is 2.30 bits per heavy atom. The van der Waals surface area contributed by atoms with E-state index in [9.17, 15) is 13.6 Å². The van der Waals surface area contributed by atoms with Crippen LogP contribution in [0, 0.1) is 5.82 Å². The lowest BCUT2D eigenvalue weighted by Crippen LogP contribution is -2.38. The highest BCUT2D eigenvalue weighted by Gasteiger charge is 2.14. The highest BCUT2D eigenvalue weighted by atomic mass is 19.1. The molecule has 0 aliphatic carbocycles. The van der Waals surface area contributed by atoms with Crippen molar-refractivity contribution in [3.63, 3.8) is 0 Å². The van der Waals surface area contributed by atoms with Crippen LogP contribution in [0.15, 0.2) is 54.6 Å². The van der Waals surface area contributed by atoms with Crippen LogP contribution in [-0.4, -0.2) is 18.6 Å². The lowest BCUT2D eigenvalue weighted by atomic mass is 10.1. The summed E-state index contributed by atoms with van der Waals surface area (Å²) in [7, 11) is 0. The summed E-state index contributed by atoms with van der Waals surface area (Å²) >= 11 is 0. The van der Waals surface area contributed by atoms with Crippen LogP contribution < -0.4 is 5.32 Å². The fourth-order valence-corrected chi connectivity index (χ4v) is 1.91. The highest BCUT2D eigenvalue weighted by molar-refractivity contribution is 5.94. The molecule has 0 aliphatic rings. The van der Waals surface area contributed by atoms with Gasteiger partial charge >= 0.3 is 0 Å². The molecular weight excluding hydrogens is 260 g/mol. The van der Waals surface area contributed by atoms with Gasteiger partial charge in [-0.1, -0.05) is 30.3 Å². The maximum absolute atomic E-state index is 13.0. The zero-order chi connectivity index (χ0) is 14.4. The minimum atomic E-state index is -0.671. The first-order chi connectivity index (χ1) is 9.69. The van der Waals surface area contributed by atoms with Crippen molar-refractivity contribution in [2.24, 2.45) is 0 Å². The third-order valence-electron chi connectivity index (χ3n) is 2.95. The molecule has 0 heterocycles. The van der Waals surface area contributed by atoms with E-state index >= 15 is 0 Å². The number of hydrogen-bond acceptors (Lipinski definition) is 1. The second kappa shape index (κ2) is 6.80. The normalized spacial score (nSPS) is 11.9. The molecule has 1 atom stereocenters. The van der Waals surface area contributed by atoms with Crippen LogP contribution in [0.25, 0.3) is 0 Å². The number of benzene rings is 2. The van der Waals surface area contributed by atoms with Gasteiger partial charge in [0.15, 0.2) is 0 Å². The average molecular weight is 275 g/mol. The van der Waals surface area contributed by atoms with Gasteiger partial charge in [0.05, 0.1) is 6.04 Å². The van der Waals surface area contributed by atoms with Crippen LogP contribution in [0.4, 0.5) is 8.78 Å². The van der Waals surface area contributed by atoms with Crippen LogP contribution in [0.3, 0.4) is 0 Å². The Hall–Kier alpha value is -2.23. The summed E-state index contributed by atoms with van der Waals surface area (Å²) in [5, 5.41) is 2.64. The molecule has 1 N–H and O–H groups in total. The standard InChI is InChI=1S/C16H15F2NO/c17-11-15(10-12-6-8-14(18)9-7-12)19-16(20)13-4-2-1-3-5-13/h1-9,15H,10-11H2,(H,19,20). The summed E-state index contributed by atoms with van der Waals surface area (Å²) in [5.74, 6) is -0.644. The van der Waals surface area contributed by atoms with E-state index in [0.29, 0.717) is 12.0 Å².